The number of hydrogen-bond donors (Lipinski definition) is 1. The lowest BCUT2D eigenvalue weighted by Gasteiger charge is -2.07. The summed E-state index contributed by atoms with van der Waals surface area (Å²) in [5, 5.41) is 3.46. The van der Waals surface area contributed by atoms with Gasteiger partial charge in [-0.25, -0.2) is 9.97 Å². The summed E-state index contributed by atoms with van der Waals surface area (Å²) in [4.78, 5) is 10.0. The van der Waals surface area contributed by atoms with Crippen LogP contribution in [0.25, 0.3) is 20.7 Å². The lowest BCUT2D eigenvalue weighted by atomic mass is 10.1. The molecule has 2 aromatic carbocycles. The number of aryl methyl sites for hydroxylation is 1. The van der Waals surface area contributed by atoms with Crippen molar-refractivity contribution in [1.82, 2.24) is 9.97 Å². The standard InChI is InChI=1S/C22H21N3OS/c1-3-15-7-9-16(10-8-15)13-23-22-21-19(24-14-25-22)12-20(27-21)17-5-4-6-18(11-17)26-2/h4-12,14H,3,13H2,1-2H3,(H,23,24,25). The van der Waals surface area contributed by atoms with Gasteiger partial charge in [-0.05, 0) is 41.3 Å². The summed E-state index contributed by atoms with van der Waals surface area (Å²) in [5.74, 6) is 1.73. The van der Waals surface area contributed by atoms with E-state index in [0.717, 1.165) is 45.2 Å². The monoisotopic (exact) mass is 375 g/mol. The lowest BCUT2D eigenvalue weighted by Crippen LogP contribution is -2.01. The van der Waals surface area contributed by atoms with Crippen molar-refractivity contribution < 1.29 is 4.74 Å². The van der Waals surface area contributed by atoms with Gasteiger partial charge in [-0.2, -0.15) is 0 Å². The van der Waals surface area contributed by atoms with Gasteiger partial charge in [0.15, 0.2) is 0 Å². The largest absolute Gasteiger partial charge is 0.497 e. The third-order valence-corrected chi connectivity index (χ3v) is 5.74. The molecule has 2 heterocycles. The molecule has 0 aliphatic rings. The number of anilines is 1. The Kier molecular flexibility index (Phi) is 5.03. The molecule has 0 radical (unpaired) electrons. The maximum atomic E-state index is 5.34. The van der Waals surface area contributed by atoms with Gasteiger partial charge in [0.05, 0.1) is 17.3 Å². The Balaban J connectivity index is 1.60. The van der Waals surface area contributed by atoms with Crippen LogP contribution in [0.3, 0.4) is 0 Å². The number of benzene rings is 2. The molecule has 0 saturated carbocycles. The second-order valence-corrected chi connectivity index (χ2v) is 7.36. The first kappa shape index (κ1) is 17.5. The average molecular weight is 375 g/mol. The Hall–Kier alpha value is -2.92. The van der Waals surface area contributed by atoms with E-state index < -0.39 is 0 Å². The molecular weight excluding hydrogens is 354 g/mol. The fraction of sp³-hybridized carbons (Fsp3) is 0.182. The quantitative estimate of drug-likeness (QED) is 0.480. The van der Waals surface area contributed by atoms with Gasteiger partial charge in [-0.1, -0.05) is 43.3 Å². The van der Waals surface area contributed by atoms with Crippen LogP contribution in [-0.2, 0) is 13.0 Å². The minimum atomic E-state index is 0.739. The SMILES string of the molecule is CCc1ccc(CNc2ncnc3cc(-c4cccc(OC)c4)sc23)cc1. The Morgan fingerprint density at radius 3 is 2.59 bits per heavy atom. The second kappa shape index (κ2) is 7.76. The number of thiophene rings is 1. The summed E-state index contributed by atoms with van der Waals surface area (Å²) in [5.41, 5.74) is 4.67. The maximum Gasteiger partial charge on any atom is 0.147 e. The van der Waals surface area contributed by atoms with Crippen LogP contribution in [0.2, 0.25) is 0 Å². The van der Waals surface area contributed by atoms with Crippen LogP contribution >= 0.6 is 11.3 Å². The number of aromatic nitrogens is 2. The molecule has 0 fully saturated rings. The summed E-state index contributed by atoms with van der Waals surface area (Å²) in [6.07, 6.45) is 2.68. The predicted octanol–water partition coefficient (Wildman–Crippen LogP) is 5.54. The van der Waals surface area contributed by atoms with Gasteiger partial charge < -0.3 is 10.1 Å². The number of hydrogen-bond acceptors (Lipinski definition) is 5. The Morgan fingerprint density at radius 2 is 1.81 bits per heavy atom. The third kappa shape index (κ3) is 3.78. The van der Waals surface area contributed by atoms with Crippen molar-refractivity contribution in [3.8, 4) is 16.2 Å². The van der Waals surface area contributed by atoms with E-state index in [4.69, 9.17) is 4.74 Å². The number of ether oxygens (including phenoxy) is 1. The zero-order chi connectivity index (χ0) is 18.6. The van der Waals surface area contributed by atoms with Gasteiger partial charge in [0.25, 0.3) is 0 Å². The highest BCUT2D eigenvalue weighted by Gasteiger charge is 2.11. The first-order chi connectivity index (χ1) is 13.3. The van der Waals surface area contributed by atoms with E-state index in [1.807, 2.05) is 18.2 Å². The molecule has 0 saturated heterocycles. The number of methoxy groups -OCH3 is 1. The Morgan fingerprint density at radius 1 is 1.00 bits per heavy atom. The second-order valence-electron chi connectivity index (χ2n) is 6.30. The third-order valence-electron chi connectivity index (χ3n) is 4.56. The van der Waals surface area contributed by atoms with Crippen LogP contribution in [-0.4, -0.2) is 17.1 Å². The number of nitrogens with one attached hydrogen (secondary N) is 1. The molecule has 0 aliphatic heterocycles. The molecule has 0 unspecified atom stereocenters. The van der Waals surface area contributed by atoms with E-state index in [-0.39, 0.29) is 0 Å². The summed E-state index contributed by atoms with van der Waals surface area (Å²) in [7, 11) is 1.69. The molecule has 2 aromatic heterocycles. The maximum absolute atomic E-state index is 5.34. The molecular formula is C22H21N3OS. The Bertz CT molecular complexity index is 1060. The highest BCUT2D eigenvalue weighted by atomic mass is 32.1. The molecule has 0 bridgehead atoms. The van der Waals surface area contributed by atoms with E-state index >= 15 is 0 Å². The van der Waals surface area contributed by atoms with Crippen LogP contribution in [0.15, 0.2) is 60.9 Å². The smallest absolute Gasteiger partial charge is 0.147 e. The molecule has 1 N–H and O–H groups in total. The molecule has 4 rings (SSSR count). The minimum absolute atomic E-state index is 0.739. The van der Waals surface area contributed by atoms with Crippen LogP contribution < -0.4 is 10.1 Å². The lowest BCUT2D eigenvalue weighted by molar-refractivity contribution is 0.415. The molecule has 0 aliphatic carbocycles. The molecule has 0 atom stereocenters. The van der Waals surface area contributed by atoms with Gasteiger partial charge >= 0.3 is 0 Å². The first-order valence-corrected chi connectivity index (χ1v) is 9.79. The predicted molar refractivity (Wildman–Crippen MR) is 113 cm³/mol. The van der Waals surface area contributed by atoms with E-state index in [0.29, 0.717) is 0 Å². The van der Waals surface area contributed by atoms with Crippen molar-refractivity contribution in [3.63, 3.8) is 0 Å². The average Bonchev–Trinajstić information content (AvgIpc) is 3.17. The molecule has 0 amide bonds. The fourth-order valence-corrected chi connectivity index (χ4v) is 4.05. The minimum Gasteiger partial charge on any atom is -0.497 e. The summed E-state index contributed by atoms with van der Waals surface area (Å²) < 4.78 is 6.41. The normalized spacial score (nSPS) is 10.9. The van der Waals surface area contributed by atoms with Gasteiger partial charge in [0, 0.05) is 11.4 Å². The topological polar surface area (TPSA) is 47.0 Å². The van der Waals surface area contributed by atoms with Crippen molar-refractivity contribution in [2.24, 2.45) is 0 Å². The molecule has 4 nitrogen and oxygen atoms in total. The number of fused-ring (bicyclic) bond motifs is 1. The van der Waals surface area contributed by atoms with Gasteiger partial charge in [-0.15, -0.1) is 11.3 Å². The highest BCUT2D eigenvalue weighted by molar-refractivity contribution is 7.22. The van der Waals surface area contributed by atoms with E-state index in [2.05, 4.69) is 58.6 Å². The van der Waals surface area contributed by atoms with E-state index in [1.54, 1.807) is 24.8 Å². The van der Waals surface area contributed by atoms with E-state index in [1.165, 1.54) is 11.1 Å². The summed E-state index contributed by atoms with van der Waals surface area (Å²) in [6.45, 7) is 2.91. The molecule has 5 heteroatoms. The van der Waals surface area contributed by atoms with Crippen molar-refractivity contribution in [3.05, 3.63) is 72.1 Å². The van der Waals surface area contributed by atoms with Crippen LogP contribution in [0.1, 0.15) is 18.1 Å². The van der Waals surface area contributed by atoms with Crippen LogP contribution in [0, 0.1) is 0 Å². The number of rotatable bonds is 6. The van der Waals surface area contributed by atoms with Gasteiger partial charge in [0.1, 0.15) is 17.9 Å². The van der Waals surface area contributed by atoms with Crippen molar-refractivity contribution >= 4 is 27.4 Å². The van der Waals surface area contributed by atoms with Crippen molar-refractivity contribution in [1.29, 1.82) is 0 Å². The summed E-state index contributed by atoms with van der Waals surface area (Å²) in [6, 6.07) is 18.9. The van der Waals surface area contributed by atoms with Gasteiger partial charge in [-0.3, -0.25) is 0 Å². The molecule has 27 heavy (non-hydrogen) atoms. The zero-order valence-corrected chi connectivity index (χ0v) is 16.2. The highest BCUT2D eigenvalue weighted by Crippen LogP contribution is 2.36. The zero-order valence-electron chi connectivity index (χ0n) is 15.4. The van der Waals surface area contributed by atoms with Crippen molar-refractivity contribution in [2.75, 3.05) is 12.4 Å². The van der Waals surface area contributed by atoms with E-state index in [9.17, 15) is 0 Å². The van der Waals surface area contributed by atoms with Gasteiger partial charge in [0.2, 0.25) is 0 Å². The van der Waals surface area contributed by atoms with Crippen LogP contribution in [0.5, 0.6) is 5.75 Å². The first-order valence-electron chi connectivity index (χ1n) is 8.97. The fourth-order valence-electron chi connectivity index (χ4n) is 2.98. The molecule has 4 aromatic rings. The molecule has 136 valence electrons. The Labute approximate surface area is 162 Å². The number of nitrogens with zero attached hydrogens (tertiary/aromatic N) is 2. The summed E-state index contributed by atoms with van der Waals surface area (Å²) >= 11 is 1.69. The molecule has 0 spiro atoms. The van der Waals surface area contributed by atoms with Crippen molar-refractivity contribution in [2.45, 2.75) is 19.9 Å². The van der Waals surface area contributed by atoms with Crippen LogP contribution in [0.4, 0.5) is 5.82 Å².